The van der Waals surface area contributed by atoms with E-state index in [0.29, 0.717) is 11.2 Å². The van der Waals surface area contributed by atoms with E-state index in [1.807, 2.05) is 24.3 Å². The Hall–Kier alpha value is -2.55. The lowest BCUT2D eigenvalue weighted by atomic mass is 10.4. The van der Waals surface area contributed by atoms with Crippen molar-refractivity contribution in [2.24, 2.45) is 0 Å². The Morgan fingerprint density at radius 2 is 1.11 bits per heavy atom. The van der Waals surface area contributed by atoms with Crippen LogP contribution in [0.2, 0.25) is 0 Å². The predicted octanol–water partition coefficient (Wildman–Crippen LogP) is 3.66. The number of rotatable bonds is 0. The van der Waals surface area contributed by atoms with Gasteiger partial charge in [-0.05, 0) is 36.4 Å². The number of hydrogen-bond donors (Lipinski definition) is 0. The van der Waals surface area contributed by atoms with Crippen molar-refractivity contribution >= 4 is 22.3 Å². The van der Waals surface area contributed by atoms with Gasteiger partial charge in [-0.1, -0.05) is 24.3 Å². The lowest BCUT2D eigenvalue weighted by molar-refractivity contribution is 0.647. The first kappa shape index (κ1) is 10.6. The first-order valence-corrected chi connectivity index (χ1v) is 5.59. The highest BCUT2D eigenvalue weighted by Gasteiger charge is 2.00. The fourth-order valence-electron chi connectivity index (χ4n) is 1.68. The molecule has 0 spiro atoms. The van der Waals surface area contributed by atoms with Gasteiger partial charge < -0.3 is 8.83 Å². The smallest absolute Gasteiger partial charge is 0.263 e. The minimum atomic E-state index is -0.249. The Balaban J connectivity index is 2.46. The Labute approximate surface area is 103 Å². The summed E-state index contributed by atoms with van der Waals surface area (Å²) in [5.41, 5.74) is 1.59. The fourth-order valence-corrected chi connectivity index (χ4v) is 1.68. The second-order valence-corrected chi connectivity index (χ2v) is 3.84. The van der Waals surface area contributed by atoms with Crippen LogP contribution in [-0.2, 0) is 0 Å². The highest BCUT2D eigenvalue weighted by Crippen LogP contribution is 2.09. The van der Waals surface area contributed by atoms with E-state index in [1.54, 1.807) is 36.4 Å². The van der Waals surface area contributed by atoms with Crippen molar-refractivity contribution < 1.29 is 8.83 Å². The molecule has 88 valence electrons. The van der Waals surface area contributed by atoms with Crippen LogP contribution in [0, 0.1) is 0 Å². The van der Waals surface area contributed by atoms with Gasteiger partial charge in [0, 0.05) is 0 Å². The molecule has 3 heteroatoms. The van der Waals surface area contributed by atoms with Gasteiger partial charge in [-0.3, -0.25) is 4.79 Å². The Morgan fingerprint density at radius 1 is 0.611 bits per heavy atom. The maximum atomic E-state index is 12.0. The normalized spacial score (nSPS) is 10.4. The molecule has 3 heterocycles. The molecule has 18 heavy (non-hydrogen) atoms. The predicted molar refractivity (Wildman–Crippen MR) is 69.9 cm³/mol. The van der Waals surface area contributed by atoms with Crippen molar-refractivity contribution in [1.29, 1.82) is 0 Å². The van der Waals surface area contributed by atoms with Gasteiger partial charge in [0.05, 0.1) is 0 Å². The lowest BCUT2D eigenvalue weighted by Gasteiger charge is -1.78. The Bertz CT molecular complexity index is 743. The summed E-state index contributed by atoms with van der Waals surface area (Å²) in [6, 6.07) is 17.9. The monoisotopic (exact) mass is 238 g/mol. The van der Waals surface area contributed by atoms with E-state index in [1.165, 1.54) is 0 Å². The average molecular weight is 238 g/mol. The van der Waals surface area contributed by atoms with Gasteiger partial charge in [-0.2, -0.15) is 0 Å². The SMILES string of the molecule is O=c1c2ccc(ccccccc3ccc1o3)o2. The van der Waals surface area contributed by atoms with Gasteiger partial charge >= 0.3 is 0 Å². The van der Waals surface area contributed by atoms with E-state index in [9.17, 15) is 4.79 Å². The molecule has 0 aliphatic rings. The minimum Gasteiger partial charge on any atom is -0.453 e. The summed E-state index contributed by atoms with van der Waals surface area (Å²) in [6.45, 7) is 0. The maximum absolute atomic E-state index is 12.0. The summed E-state index contributed by atoms with van der Waals surface area (Å²) < 4.78 is 10.9. The van der Waals surface area contributed by atoms with Crippen LogP contribution in [0.3, 0.4) is 0 Å². The third-order valence-electron chi connectivity index (χ3n) is 2.56. The van der Waals surface area contributed by atoms with Crippen LogP contribution in [0.1, 0.15) is 0 Å². The summed E-state index contributed by atoms with van der Waals surface area (Å²) >= 11 is 0. The van der Waals surface area contributed by atoms with E-state index >= 15 is 0 Å². The summed E-state index contributed by atoms with van der Waals surface area (Å²) in [5.74, 6) is 0. The molecule has 0 radical (unpaired) electrons. The van der Waals surface area contributed by atoms with Gasteiger partial charge in [0.25, 0.3) is 5.43 Å². The summed E-state index contributed by atoms with van der Waals surface area (Å²) in [4.78, 5) is 12.0. The molecule has 4 bridgehead atoms. The second kappa shape index (κ2) is 4.37. The summed E-state index contributed by atoms with van der Waals surface area (Å²) in [6.07, 6.45) is 0. The standard InChI is InChI=1S/C15H10O3/c16-15-13-9-7-11(17-13)5-3-1-2-4-6-12-8-10-14(15)18-12/h1-10H. The molecular formula is C15H10O3. The van der Waals surface area contributed by atoms with Crippen LogP contribution in [0.25, 0.3) is 22.3 Å². The second-order valence-electron chi connectivity index (χ2n) is 3.84. The van der Waals surface area contributed by atoms with Gasteiger partial charge in [0.15, 0.2) is 11.2 Å². The maximum Gasteiger partial charge on any atom is 0.263 e. The van der Waals surface area contributed by atoms with E-state index in [4.69, 9.17) is 8.83 Å². The molecule has 0 fully saturated rings. The van der Waals surface area contributed by atoms with Crippen LogP contribution in [0.5, 0.6) is 0 Å². The molecule has 0 unspecified atom stereocenters. The summed E-state index contributed by atoms with van der Waals surface area (Å²) in [7, 11) is 0. The Kier molecular flexibility index (Phi) is 2.57. The third kappa shape index (κ3) is 1.98. The van der Waals surface area contributed by atoms with Gasteiger partial charge in [0.2, 0.25) is 0 Å². The largest absolute Gasteiger partial charge is 0.453 e. The first-order valence-electron chi connectivity index (χ1n) is 5.59. The average Bonchev–Trinajstić information content (AvgIpc) is 3.01. The topological polar surface area (TPSA) is 43.4 Å². The lowest BCUT2D eigenvalue weighted by Crippen LogP contribution is -1.94. The van der Waals surface area contributed by atoms with Crippen LogP contribution in [-0.4, -0.2) is 0 Å². The van der Waals surface area contributed by atoms with E-state index in [0.717, 1.165) is 0 Å². The first-order chi connectivity index (χ1) is 8.83. The zero-order valence-electron chi connectivity index (χ0n) is 9.50. The molecular weight excluding hydrogens is 228 g/mol. The van der Waals surface area contributed by atoms with E-state index in [2.05, 4.69) is 0 Å². The third-order valence-corrected chi connectivity index (χ3v) is 2.56. The minimum absolute atomic E-state index is 0.249. The number of furan rings is 2. The highest BCUT2D eigenvalue weighted by molar-refractivity contribution is 5.61. The molecule has 0 aliphatic heterocycles. The zero-order valence-corrected chi connectivity index (χ0v) is 9.50. The van der Waals surface area contributed by atoms with Crippen molar-refractivity contribution in [2.45, 2.75) is 0 Å². The Morgan fingerprint density at radius 3 is 1.61 bits per heavy atom. The van der Waals surface area contributed by atoms with Crippen molar-refractivity contribution in [3.8, 4) is 0 Å². The van der Waals surface area contributed by atoms with Crippen molar-refractivity contribution in [1.82, 2.24) is 0 Å². The van der Waals surface area contributed by atoms with Crippen molar-refractivity contribution in [3.63, 3.8) is 0 Å². The van der Waals surface area contributed by atoms with Crippen LogP contribution in [0.15, 0.2) is 74.3 Å². The molecule has 0 saturated carbocycles. The van der Waals surface area contributed by atoms with E-state index in [-0.39, 0.29) is 16.6 Å². The molecule has 0 saturated heterocycles. The molecule has 3 aromatic rings. The van der Waals surface area contributed by atoms with Crippen molar-refractivity contribution in [3.05, 3.63) is 70.9 Å². The molecule has 3 nitrogen and oxygen atoms in total. The van der Waals surface area contributed by atoms with Crippen LogP contribution < -0.4 is 5.43 Å². The van der Waals surface area contributed by atoms with E-state index < -0.39 is 0 Å². The molecule has 0 atom stereocenters. The van der Waals surface area contributed by atoms with Gasteiger partial charge in [-0.15, -0.1) is 0 Å². The molecule has 3 aromatic heterocycles. The highest BCUT2D eigenvalue weighted by atomic mass is 16.4. The quantitative estimate of drug-likeness (QED) is 0.600. The van der Waals surface area contributed by atoms with Gasteiger partial charge in [0.1, 0.15) is 11.2 Å². The summed E-state index contributed by atoms with van der Waals surface area (Å²) in [5, 5.41) is 0. The van der Waals surface area contributed by atoms with Crippen molar-refractivity contribution in [2.75, 3.05) is 0 Å². The molecule has 0 N–H and O–H groups in total. The molecule has 3 rings (SSSR count). The zero-order chi connectivity index (χ0) is 12.4. The number of hydrogen-bond acceptors (Lipinski definition) is 3. The molecule has 0 aliphatic carbocycles. The van der Waals surface area contributed by atoms with Crippen LogP contribution in [0.4, 0.5) is 0 Å². The fraction of sp³-hybridized carbons (Fsp3) is 0. The molecule has 0 amide bonds. The van der Waals surface area contributed by atoms with Crippen LogP contribution >= 0.6 is 0 Å². The molecule has 0 aromatic carbocycles. The number of fused-ring (bicyclic) bond motifs is 4. The van der Waals surface area contributed by atoms with Gasteiger partial charge in [-0.25, -0.2) is 0 Å².